The predicted molar refractivity (Wildman–Crippen MR) is 149 cm³/mol. The number of thioether (sulfide) groups is 1. The van der Waals surface area contributed by atoms with Crippen molar-refractivity contribution in [3.8, 4) is 11.3 Å². The van der Waals surface area contributed by atoms with Crippen molar-refractivity contribution in [3.05, 3.63) is 80.3 Å². The molecule has 2 heterocycles. The topological polar surface area (TPSA) is 45.8 Å². The van der Waals surface area contributed by atoms with Gasteiger partial charge in [0.2, 0.25) is 0 Å². The Labute approximate surface area is 223 Å². The zero-order chi connectivity index (χ0) is 24.4. The van der Waals surface area contributed by atoms with E-state index in [9.17, 15) is 4.79 Å². The fourth-order valence-corrected chi connectivity index (χ4v) is 6.14. The highest BCUT2D eigenvalue weighted by molar-refractivity contribution is 9.10. The molecule has 4 nitrogen and oxygen atoms in total. The summed E-state index contributed by atoms with van der Waals surface area (Å²) >= 11 is 11.0. The van der Waals surface area contributed by atoms with Crippen LogP contribution in [-0.2, 0) is 11.2 Å². The molecule has 3 aromatic rings. The molecule has 2 aromatic carbocycles. The summed E-state index contributed by atoms with van der Waals surface area (Å²) in [5.41, 5.74) is 3.03. The van der Waals surface area contributed by atoms with E-state index in [0.29, 0.717) is 15.7 Å². The Morgan fingerprint density at radius 3 is 2.71 bits per heavy atom. The summed E-state index contributed by atoms with van der Waals surface area (Å²) in [6, 6.07) is 17.8. The second kappa shape index (κ2) is 10.8. The monoisotopic (exact) mass is 568 g/mol. The zero-order valence-corrected chi connectivity index (χ0v) is 22.6. The normalized spacial score (nSPS) is 19.3. The number of para-hydroxylation sites is 1. The van der Waals surface area contributed by atoms with Crippen LogP contribution >= 0.6 is 39.3 Å². The lowest BCUT2D eigenvalue weighted by atomic mass is 9.94. The van der Waals surface area contributed by atoms with Crippen LogP contribution in [0.4, 0.5) is 5.69 Å². The summed E-state index contributed by atoms with van der Waals surface area (Å²) in [6.07, 6.45) is 8.30. The van der Waals surface area contributed by atoms with E-state index in [1.165, 1.54) is 23.7 Å². The standard InChI is InChI=1S/C28H26BrClN2O2S/c1-2-18-8-6-7-11-24(18)31-28-32(20-9-4-3-5-10-20)27(33)26(35-28)17-21-13-15-25(34-21)19-12-14-23(30)22(29)16-19/h6-8,11-17,20H,2-5,9-10H2,1H3/b26-17+,31-28?. The van der Waals surface area contributed by atoms with Gasteiger partial charge >= 0.3 is 0 Å². The van der Waals surface area contributed by atoms with E-state index in [1.54, 1.807) is 0 Å². The van der Waals surface area contributed by atoms with Crippen molar-refractivity contribution in [3.63, 3.8) is 0 Å². The Kier molecular flexibility index (Phi) is 7.51. The van der Waals surface area contributed by atoms with Gasteiger partial charge in [-0.25, -0.2) is 4.99 Å². The maximum atomic E-state index is 13.6. The summed E-state index contributed by atoms with van der Waals surface area (Å²) in [7, 11) is 0. The molecular formula is C28H26BrClN2O2S. The first-order valence-electron chi connectivity index (χ1n) is 12.0. The molecule has 0 unspecified atom stereocenters. The van der Waals surface area contributed by atoms with Crippen LogP contribution in [0.25, 0.3) is 17.4 Å². The molecular weight excluding hydrogens is 544 g/mol. The molecule has 180 valence electrons. The van der Waals surface area contributed by atoms with Crippen molar-refractivity contribution >= 4 is 62.1 Å². The van der Waals surface area contributed by atoms with Gasteiger partial charge in [-0.1, -0.05) is 56.0 Å². The maximum Gasteiger partial charge on any atom is 0.267 e. The fourth-order valence-electron chi connectivity index (χ4n) is 4.61. The molecule has 1 aliphatic carbocycles. The van der Waals surface area contributed by atoms with Crippen LogP contribution in [0.3, 0.4) is 0 Å². The second-order valence-corrected chi connectivity index (χ2v) is 11.1. The Morgan fingerprint density at radius 2 is 1.94 bits per heavy atom. The molecule has 0 N–H and O–H groups in total. The lowest BCUT2D eigenvalue weighted by molar-refractivity contribution is -0.124. The number of rotatable bonds is 5. The molecule has 1 aliphatic heterocycles. The van der Waals surface area contributed by atoms with Crippen LogP contribution in [0.1, 0.15) is 50.4 Å². The number of carbonyl (C=O) groups excluding carboxylic acids is 1. The van der Waals surface area contributed by atoms with E-state index in [0.717, 1.165) is 58.8 Å². The Hall–Kier alpha value is -2.28. The number of nitrogens with zero attached hydrogens (tertiary/aromatic N) is 2. The van der Waals surface area contributed by atoms with Gasteiger partial charge in [0.1, 0.15) is 11.5 Å². The minimum absolute atomic E-state index is 0.0156. The molecule has 1 aromatic heterocycles. The van der Waals surface area contributed by atoms with Crippen LogP contribution in [0.15, 0.2) is 73.4 Å². The van der Waals surface area contributed by atoms with Crippen molar-refractivity contribution in [1.29, 1.82) is 0 Å². The van der Waals surface area contributed by atoms with E-state index in [2.05, 4.69) is 28.9 Å². The number of aryl methyl sites for hydroxylation is 1. The minimum atomic E-state index is 0.0156. The number of carbonyl (C=O) groups is 1. The van der Waals surface area contributed by atoms with Crippen molar-refractivity contribution in [2.45, 2.75) is 51.5 Å². The van der Waals surface area contributed by atoms with Crippen molar-refractivity contribution < 1.29 is 9.21 Å². The van der Waals surface area contributed by atoms with E-state index >= 15 is 0 Å². The molecule has 0 atom stereocenters. The quantitative estimate of drug-likeness (QED) is 0.288. The third kappa shape index (κ3) is 5.30. The molecule has 7 heteroatoms. The van der Waals surface area contributed by atoms with Gasteiger partial charge in [0.25, 0.3) is 5.91 Å². The number of amidine groups is 1. The van der Waals surface area contributed by atoms with E-state index in [1.807, 2.05) is 59.5 Å². The predicted octanol–water partition coefficient (Wildman–Crippen LogP) is 8.86. The molecule has 1 saturated heterocycles. The van der Waals surface area contributed by atoms with Gasteiger partial charge in [-0.15, -0.1) is 0 Å². The van der Waals surface area contributed by atoms with Gasteiger partial charge in [0, 0.05) is 22.2 Å². The van der Waals surface area contributed by atoms with Crippen LogP contribution in [-0.4, -0.2) is 22.0 Å². The molecule has 0 bridgehead atoms. The maximum absolute atomic E-state index is 13.6. The average Bonchev–Trinajstić information content (AvgIpc) is 3.46. The lowest BCUT2D eigenvalue weighted by Crippen LogP contribution is -2.40. The van der Waals surface area contributed by atoms with Crippen LogP contribution in [0.5, 0.6) is 0 Å². The summed E-state index contributed by atoms with van der Waals surface area (Å²) in [5, 5.41) is 1.41. The highest BCUT2D eigenvalue weighted by atomic mass is 79.9. The summed E-state index contributed by atoms with van der Waals surface area (Å²) in [5.74, 6) is 1.38. The number of aliphatic imine (C=N–C) groups is 1. The Bertz CT molecular complexity index is 1310. The minimum Gasteiger partial charge on any atom is -0.457 e. The number of furan rings is 1. The van der Waals surface area contributed by atoms with Gasteiger partial charge in [-0.3, -0.25) is 9.69 Å². The zero-order valence-electron chi connectivity index (χ0n) is 19.5. The SMILES string of the molecule is CCc1ccccc1N=C1S/C(=C/c2ccc(-c3ccc(Cl)c(Br)c3)o2)C(=O)N1C1CCCCC1. The summed E-state index contributed by atoms with van der Waals surface area (Å²) in [6.45, 7) is 2.13. The van der Waals surface area contributed by atoms with Crippen molar-refractivity contribution in [1.82, 2.24) is 4.90 Å². The van der Waals surface area contributed by atoms with Gasteiger partial charge in [-0.2, -0.15) is 0 Å². The van der Waals surface area contributed by atoms with Gasteiger partial charge < -0.3 is 4.42 Å². The van der Waals surface area contributed by atoms with Crippen molar-refractivity contribution in [2.75, 3.05) is 0 Å². The average molecular weight is 570 g/mol. The molecule has 5 rings (SSSR count). The first kappa shape index (κ1) is 24.4. The first-order chi connectivity index (χ1) is 17.0. The van der Waals surface area contributed by atoms with Gasteiger partial charge in [-0.05, 0) is 88.9 Å². The third-order valence-electron chi connectivity index (χ3n) is 6.47. The third-order valence-corrected chi connectivity index (χ3v) is 8.67. The van der Waals surface area contributed by atoms with E-state index in [-0.39, 0.29) is 11.9 Å². The molecule has 0 radical (unpaired) electrons. The largest absolute Gasteiger partial charge is 0.457 e. The second-order valence-electron chi connectivity index (χ2n) is 8.79. The summed E-state index contributed by atoms with van der Waals surface area (Å²) < 4.78 is 6.89. The molecule has 1 amide bonds. The number of benzene rings is 2. The number of halogens is 2. The molecule has 35 heavy (non-hydrogen) atoms. The van der Waals surface area contributed by atoms with Crippen LogP contribution in [0.2, 0.25) is 5.02 Å². The highest BCUT2D eigenvalue weighted by Crippen LogP contribution is 2.39. The van der Waals surface area contributed by atoms with Gasteiger partial charge in [0.15, 0.2) is 5.17 Å². The Balaban J connectivity index is 1.48. The van der Waals surface area contributed by atoms with Crippen LogP contribution in [0, 0.1) is 0 Å². The van der Waals surface area contributed by atoms with E-state index < -0.39 is 0 Å². The number of amides is 1. The smallest absolute Gasteiger partial charge is 0.267 e. The first-order valence-corrected chi connectivity index (χ1v) is 14.0. The van der Waals surface area contributed by atoms with Crippen LogP contribution < -0.4 is 0 Å². The van der Waals surface area contributed by atoms with E-state index in [4.69, 9.17) is 21.0 Å². The highest BCUT2D eigenvalue weighted by Gasteiger charge is 2.39. The molecule has 2 fully saturated rings. The number of hydrogen-bond donors (Lipinski definition) is 0. The van der Waals surface area contributed by atoms with Gasteiger partial charge in [0.05, 0.1) is 15.6 Å². The summed E-state index contributed by atoms with van der Waals surface area (Å²) in [4.78, 5) is 21.2. The molecule has 2 aliphatic rings. The molecule has 1 saturated carbocycles. The number of hydrogen-bond acceptors (Lipinski definition) is 4. The fraction of sp³-hybridized carbons (Fsp3) is 0.286. The lowest BCUT2D eigenvalue weighted by Gasteiger charge is -2.30. The molecule has 0 spiro atoms. The Morgan fingerprint density at radius 1 is 1.14 bits per heavy atom. The van der Waals surface area contributed by atoms with Crippen molar-refractivity contribution in [2.24, 2.45) is 4.99 Å².